The van der Waals surface area contributed by atoms with Gasteiger partial charge in [-0.15, -0.1) is 0 Å². The highest BCUT2D eigenvalue weighted by atomic mass is 16.5. The Balaban J connectivity index is 2.35. The van der Waals surface area contributed by atoms with Crippen molar-refractivity contribution in [3.05, 3.63) is 0 Å². The molecule has 0 spiro atoms. The lowest BCUT2D eigenvalue weighted by Crippen LogP contribution is -2.44. The SMILES string of the molecule is CCN(CC(O)COC)C1CCC(N)CC1. The topological polar surface area (TPSA) is 58.7 Å². The first-order valence-corrected chi connectivity index (χ1v) is 6.34. The molecule has 3 N–H and O–H groups in total. The molecule has 1 fully saturated rings. The van der Waals surface area contributed by atoms with E-state index in [-0.39, 0.29) is 6.10 Å². The molecular formula is C12H26N2O2. The second-order valence-electron chi connectivity index (χ2n) is 4.77. The van der Waals surface area contributed by atoms with Gasteiger partial charge in [0.05, 0.1) is 12.7 Å². The van der Waals surface area contributed by atoms with Crippen LogP contribution in [0.25, 0.3) is 0 Å². The number of nitrogens with zero attached hydrogens (tertiary/aromatic N) is 1. The zero-order chi connectivity index (χ0) is 12.0. The summed E-state index contributed by atoms with van der Waals surface area (Å²) in [6.45, 7) is 4.27. The quantitative estimate of drug-likeness (QED) is 0.701. The molecule has 0 radical (unpaired) electrons. The summed E-state index contributed by atoms with van der Waals surface area (Å²) < 4.78 is 4.96. The highest BCUT2D eigenvalue weighted by molar-refractivity contribution is 4.81. The zero-order valence-electron chi connectivity index (χ0n) is 10.6. The standard InChI is InChI=1S/C12H26N2O2/c1-3-14(8-12(15)9-16-2)11-6-4-10(13)5-7-11/h10-12,15H,3-9,13H2,1-2H3. The summed E-state index contributed by atoms with van der Waals surface area (Å²) in [6, 6.07) is 0.982. The van der Waals surface area contributed by atoms with Gasteiger partial charge in [0.25, 0.3) is 0 Å². The third-order valence-electron chi connectivity index (χ3n) is 3.47. The Hall–Kier alpha value is -0.160. The van der Waals surface area contributed by atoms with Crippen LogP contribution in [-0.4, -0.2) is 55.0 Å². The fraction of sp³-hybridized carbons (Fsp3) is 1.00. The van der Waals surface area contributed by atoms with Gasteiger partial charge in [0.2, 0.25) is 0 Å². The molecule has 96 valence electrons. The maximum absolute atomic E-state index is 9.74. The third kappa shape index (κ3) is 4.37. The molecule has 1 aliphatic carbocycles. The molecule has 0 aromatic rings. The van der Waals surface area contributed by atoms with Crippen molar-refractivity contribution in [2.75, 3.05) is 26.8 Å². The average Bonchev–Trinajstić information content (AvgIpc) is 2.27. The Kier molecular flexibility index (Phi) is 6.28. The highest BCUT2D eigenvalue weighted by Crippen LogP contribution is 2.22. The van der Waals surface area contributed by atoms with E-state index in [0.717, 1.165) is 32.2 Å². The van der Waals surface area contributed by atoms with E-state index < -0.39 is 0 Å². The van der Waals surface area contributed by atoms with Crippen molar-refractivity contribution < 1.29 is 9.84 Å². The van der Waals surface area contributed by atoms with Crippen LogP contribution in [0.2, 0.25) is 0 Å². The Morgan fingerprint density at radius 3 is 2.50 bits per heavy atom. The van der Waals surface area contributed by atoms with Gasteiger partial charge >= 0.3 is 0 Å². The lowest BCUT2D eigenvalue weighted by Gasteiger charge is -2.36. The van der Waals surface area contributed by atoms with Crippen LogP contribution in [0.3, 0.4) is 0 Å². The van der Waals surface area contributed by atoms with Crippen molar-refractivity contribution >= 4 is 0 Å². The summed E-state index contributed by atoms with van der Waals surface area (Å²) in [5.74, 6) is 0. The predicted molar refractivity (Wildman–Crippen MR) is 65.4 cm³/mol. The minimum absolute atomic E-state index is 0.374. The third-order valence-corrected chi connectivity index (χ3v) is 3.47. The van der Waals surface area contributed by atoms with Gasteiger partial charge in [0.1, 0.15) is 0 Å². The van der Waals surface area contributed by atoms with Crippen LogP contribution in [0.4, 0.5) is 0 Å². The fourth-order valence-electron chi connectivity index (χ4n) is 2.52. The smallest absolute Gasteiger partial charge is 0.0900 e. The van der Waals surface area contributed by atoms with E-state index in [0.29, 0.717) is 25.2 Å². The molecule has 16 heavy (non-hydrogen) atoms. The first kappa shape index (κ1) is 13.9. The van der Waals surface area contributed by atoms with Crippen molar-refractivity contribution in [2.24, 2.45) is 5.73 Å². The first-order valence-electron chi connectivity index (χ1n) is 6.34. The van der Waals surface area contributed by atoms with Gasteiger partial charge in [-0.2, -0.15) is 0 Å². The monoisotopic (exact) mass is 230 g/mol. The Labute approximate surface area is 98.8 Å². The molecule has 4 nitrogen and oxygen atoms in total. The van der Waals surface area contributed by atoms with Gasteiger partial charge < -0.3 is 15.6 Å². The van der Waals surface area contributed by atoms with Crippen molar-refractivity contribution in [3.63, 3.8) is 0 Å². The lowest BCUT2D eigenvalue weighted by atomic mass is 9.90. The lowest BCUT2D eigenvalue weighted by molar-refractivity contribution is 0.0222. The number of aliphatic hydroxyl groups excluding tert-OH is 1. The van der Waals surface area contributed by atoms with E-state index in [1.165, 1.54) is 0 Å². The van der Waals surface area contributed by atoms with Crippen LogP contribution in [0.5, 0.6) is 0 Å². The molecule has 0 aromatic carbocycles. The molecule has 1 atom stereocenters. The van der Waals surface area contributed by atoms with E-state index in [2.05, 4.69) is 11.8 Å². The van der Waals surface area contributed by atoms with Crippen LogP contribution < -0.4 is 5.73 Å². The van der Waals surface area contributed by atoms with Crippen LogP contribution >= 0.6 is 0 Å². The molecule has 1 aliphatic rings. The molecule has 0 saturated heterocycles. The summed E-state index contributed by atoms with van der Waals surface area (Å²) in [4.78, 5) is 2.36. The van der Waals surface area contributed by atoms with Gasteiger partial charge in [0.15, 0.2) is 0 Å². The van der Waals surface area contributed by atoms with Gasteiger partial charge in [-0.1, -0.05) is 6.92 Å². The molecule has 0 amide bonds. The van der Waals surface area contributed by atoms with E-state index in [1.54, 1.807) is 7.11 Å². The molecule has 0 heterocycles. The summed E-state index contributed by atoms with van der Waals surface area (Å²) >= 11 is 0. The molecule has 4 heteroatoms. The first-order chi connectivity index (χ1) is 7.67. The van der Waals surface area contributed by atoms with Crippen LogP contribution in [-0.2, 0) is 4.74 Å². The molecule has 0 aliphatic heterocycles. The van der Waals surface area contributed by atoms with Crippen molar-refractivity contribution in [3.8, 4) is 0 Å². The second-order valence-corrected chi connectivity index (χ2v) is 4.77. The summed E-state index contributed by atoms with van der Waals surface area (Å²) in [6.07, 6.45) is 4.17. The summed E-state index contributed by atoms with van der Waals surface area (Å²) in [5.41, 5.74) is 5.90. The Morgan fingerprint density at radius 2 is 2.00 bits per heavy atom. The number of hydrogen-bond donors (Lipinski definition) is 2. The highest BCUT2D eigenvalue weighted by Gasteiger charge is 2.24. The zero-order valence-corrected chi connectivity index (χ0v) is 10.6. The van der Waals surface area contributed by atoms with Crippen molar-refractivity contribution in [1.29, 1.82) is 0 Å². The number of nitrogens with two attached hydrogens (primary N) is 1. The number of methoxy groups -OCH3 is 1. The van der Waals surface area contributed by atoms with Crippen LogP contribution in [0, 0.1) is 0 Å². The molecule has 1 saturated carbocycles. The summed E-state index contributed by atoms with van der Waals surface area (Å²) in [5, 5.41) is 9.74. The maximum atomic E-state index is 9.74. The van der Waals surface area contributed by atoms with Crippen LogP contribution in [0.1, 0.15) is 32.6 Å². The van der Waals surface area contributed by atoms with E-state index >= 15 is 0 Å². The summed E-state index contributed by atoms with van der Waals surface area (Å²) in [7, 11) is 1.62. The Bertz CT molecular complexity index is 182. The van der Waals surface area contributed by atoms with E-state index in [4.69, 9.17) is 10.5 Å². The molecule has 1 unspecified atom stereocenters. The maximum Gasteiger partial charge on any atom is 0.0900 e. The molecule has 0 aromatic heterocycles. The number of likely N-dealkylation sites (N-methyl/N-ethyl adjacent to an activating group) is 1. The van der Waals surface area contributed by atoms with Crippen molar-refractivity contribution in [1.82, 2.24) is 4.90 Å². The van der Waals surface area contributed by atoms with Gasteiger partial charge in [-0.25, -0.2) is 0 Å². The normalized spacial score (nSPS) is 28.3. The van der Waals surface area contributed by atoms with E-state index in [1.807, 2.05) is 0 Å². The Morgan fingerprint density at radius 1 is 1.38 bits per heavy atom. The number of ether oxygens (including phenoxy) is 1. The van der Waals surface area contributed by atoms with Gasteiger partial charge in [0, 0.05) is 25.7 Å². The predicted octanol–water partition coefficient (Wildman–Crippen LogP) is 0.586. The van der Waals surface area contributed by atoms with Gasteiger partial charge in [-0.3, -0.25) is 4.90 Å². The number of aliphatic hydroxyl groups is 1. The van der Waals surface area contributed by atoms with Crippen molar-refractivity contribution in [2.45, 2.75) is 50.8 Å². The van der Waals surface area contributed by atoms with E-state index in [9.17, 15) is 5.11 Å². The average molecular weight is 230 g/mol. The number of rotatable bonds is 6. The number of hydrogen-bond acceptors (Lipinski definition) is 4. The fourth-order valence-corrected chi connectivity index (χ4v) is 2.52. The van der Waals surface area contributed by atoms with Gasteiger partial charge in [-0.05, 0) is 32.2 Å². The minimum atomic E-state index is -0.374. The minimum Gasteiger partial charge on any atom is -0.389 e. The molecule has 1 rings (SSSR count). The molecule has 0 bridgehead atoms. The molecular weight excluding hydrogens is 204 g/mol. The second kappa shape index (κ2) is 7.22. The largest absolute Gasteiger partial charge is 0.389 e. The van der Waals surface area contributed by atoms with Crippen LogP contribution in [0.15, 0.2) is 0 Å².